The molecule has 0 saturated carbocycles. The minimum atomic E-state index is 0.291. The Hall–Kier alpha value is -1.73. The molecule has 29 heavy (non-hydrogen) atoms. The smallest absolute Gasteiger partial charge is 0.222 e. The number of rotatable bonds is 7. The summed E-state index contributed by atoms with van der Waals surface area (Å²) in [5.41, 5.74) is 6.71. The van der Waals surface area contributed by atoms with Gasteiger partial charge in [0.25, 0.3) is 0 Å². The summed E-state index contributed by atoms with van der Waals surface area (Å²) in [7, 11) is 0. The van der Waals surface area contributed by atoms with Crippen molar-refractivity contribution in [2.75, 3.05) is 32.7 Å². The summed E-state index contributed by atoms with van der Waals surface area (Å²) in [5.74, 6) is 1.06. The molecule has 2 aliphatic rings. The van der Waals surface area contributed by atoms with E-state index in [0.717, 1.165) is 57.4 Å². The number of nitrogens with zero attached hydrogens (tertiary/aromatic N) is 4. The Balaban J connectivity index is 0.00000145. The molecule has 2 saturated heterocycles. The molecule has 0 spiro atoms. The van der Waals surface area contributed by atoms with Crippen molar-refractivity contribution in [3.8, 4) is 0 Å². The molecule has 3 rings (SSSR count). The molecule has 164 valence electrons. The Bertz CT molecular complexity index is 629. The lowest BCUT2D eigenvalue weighted by atomic mass is 9.92. The molecular weight excluding hydrogens is 366 g/mol. The number of ketones is 1. The van der Waals surface area contributed by atoms with Gasteiger partial charge in [0.15, 0.2) is 0 Å². The molecule has 0 unspecified atom stereocenters. The summed E-state index contributed by atoms with van der Waals surface area (Å²) in [6, 6.07) is 0.369. The minimum absolute atomic E-state index is 0.291. The number of carbonyl (C=O) groups is 2. The van der Waals surface area contributed by atoms with Gasteiger partial charge in [-0.3, -0.25) is 19.2 Å². The van der Waals surface area contributed by atoms with Crippen LogP contribution in [0.25, 0.3) is 0 Å². The number of aromatic nitrogens is 2. The third-order valence-electron chi connectivity index (χ3n) is 6.05. The van der Waals surface area contributed by atoms with Gasteiger partial charge in [-0.15, -0.1) is 0 Å². The van der Waals surface area contributed by atoms with Crippen LogP contribution >= 0.6 is 0 Å². The quantitative estimate of drug-likeness (QED) is 0.754. The second kappa shape index (κ2) is 12.1. The van der Waals surface area contributed by atoms with Crippen molar-refractivity contribution in [3.63, 3.8) is 0 Å². The molecule has 7 heteroatoms. The number of Topliss-reactive ketones (excluding diaryl/α,β-unsaturated/α-hetero) is 1. The lowest BCUT2D eigenvalue weighted by Gasteiger charge is -2.35. The zero-order valence-electron chi connectivity index (χ0n) is 18.5. The normalized spacial score (nSPS) is 19.0. The summed E-state index contributed by atoms with van der Waals surface area (Å²) in [6.45, 7) is 10.5. The summed E-state index contributed by atoms with van der Waals surface area (Å²) in [4.78, 5) is 28.5. The van der Waals surface area contributed by atoms with E-state index in [1.54, 1.807) is 0 Å². The van der Waals surface area contributed by atoms with Crippen molar-refractivity contribution >= 4 is 11.7 Å². The third-order valence-corrected chi connectivity index (χ3v) is 6.05. The maximum atomic E-state index is 12.7. The molecule has 0 aliphatic carbocycles. The maximum Gasteiger partial charge on any atom is 0.222 e. The van der Waals surface area contributed by atoms with E-state index in [1.165, 1.54) is 0 Å². The van der Waals surface area contributed by atoms with E-state index in [1.807, 2.05) is 42.7 Å². The molecular formula is C22H39N5O2. The summed E-state index contributed by atoms with van der Waals surface area (Å²) < 4.78 is 2.01. The van der Waals surface area contributed by atoms with E-state index in [4.69, 9.17) is 5.73 Å². The average Bonchev–Trinajstić information content (AvgIpc) is 3.26. The summed E-state index contributed by atoms with van der Waals surface area (Å²) >= 11 is 0. The van der Waals surface area contributed by atoms with Gasteiger partial charge in [0.1, 0.15) is 5.78 Å². The molecule has 1 amide bonds. The van der Waals surface area contributed by atoms with Gasteiger partial charge in [-0.1, -0.05) is 20.8 Å². The van der Waals surface area contributed by atoms with Crippen molar-refractivity contribution in [1.29, 1.82) is 0 Å². The lowest BCUT2D eigenvalue weighted by molar-refractivity contribution is -0.134. The lowest BCUT2D eigenvalue weighted by Crippen LogP contribution is -2.42. The highest BCUT2D eigenvalue weighted by atomic mass is 16.2. The van der Waals surface area contributed by atoms with Crippen LogP contribution in [0.3, 0.4) is 0 Å². The van der Waals surface area contributed by atoms with E-state index in [0.29, 0.717) is 49.6 Å². The fourth-order valence-corrected chi connectivity index (χ4v) is 4.15. The molecule has 2 fully saturated rings. The minimum Gasteiger partial charge on any atom is -0.343 e. The SMILES string of the molecule is CC.CCC(=O)CN1CCC(CC(=O)N2CCC(n3cc(CN)cn3)CC2)CC1. The van der Waals surface area contributed by atoms with E-state index < -0.39 is 0 Å². The first-order valence-electron chi connectivity index (χ1n) is 11.3. The Morgan fingerprint density at radius 1 is 1.10 bits per heavy atom. The molecule has 7 nitrogen and oxygen atoms in total. The second-order valence-corrected chi connectivity index (χ2v) is 7.96. The van der Waals surface area contributed by atoms with Gasteiger partial charge in [0.2, 0.25) is 5.91 Å². The summed E-state index contributed by atoms with van der Waals surface area (Å²) in [5, 5.41) is 4.41. The van der Waals surface area contributed by atoms with Gasteiger partial charge in [-0.2, -0.15) is 5.10 Å². The molecule has 2 aliphatic heterocycles. The van der Waals surface area contributed by atoms with Crippen molar-refractivity contribution in [2.24, 2.45) is 11.7 Å². The zero-order valence-corrected chi connectivity index (χ0v) is 18.5. The van der Waals surface area contributed by atoms with Crippen LogP contribution in [0.4, 0.5) is 0 Å². The topological polar surface area (TPSA) is 84.5 Å². The fourth-order valence-electron chi connectivity index (χ4n) is 4.15. The monoisotopic (exact) mass is 405 g/mol. The van der Waals surface area contributed by atoms with Gasteiger partial charge >= 0.3 is 0 Å². The number of hydrogen-bond acceptors (Lipinski definition) is 5. The molecule has 0 atom stereocenters. The van der Waals surface area contributed by atoms with Gasteiger partial charge in [0.05, 0.1) is 18.8 Å². The van der Waals surface area contributed by atoms with Crippen LogP contribution in [0.5, 0.6) is 0 Å². The number of amides is 1. The van der Waals surface area contributed by atoms with Crippen molar-refractivity contribution in [2.45, 2.75) is 71.9 Å². The number of nitrogens with two attached hydrogens (primary N) is 1. The van der Waals surface area contributed by atoms with Crippen LogP contribution in [0.1, 0.15) is 70.9 Å². The van der Waals surface area contributed by atoms with Gasteiger partial charge in [0, 0.05) is 44.2 Å². The highest BCUT2D eigenvalue weighted by Crippen LogP contribution is 2.25. The van der Waals surface area contributed by atoms with Crippen molar-refractivity contribution < 1.29 is 9.59 Å². The van der Waals surface area contributed by atoms with Crippen LogP contribution < -0.4 is 5.73 Å². The molecule has 0 bridgehead atoms. The van der Waals surface area contributed by atoms with Crippen LogP contribution in [-0.2, 0) is 16.1 Å². The van der Waals surface area contributed by atoms with E-state index in [9.17, 15) is 9.59 Å². The number of carbonyl (C=O) groups excluding carboxylic acids is 2. The predicted octanol–water partition coefficient (Wildman–Crippen LogP) is 2.61. The maximum absolute atomic E-state index is 12.7. The first kappa shape index (κ1) is 23.5. The molecule has 0 radical (unpaired) electrons. The van der Waals surface area contributed by atoms with Crippen molar-refractivity contribution in [3.05, 3.63) is 18.0 Å². The number of hydrogen-bond donors (Lipinski definition) is 1. The Labute approximate surface area is 175 Å². The average molecular weight is 406 g/mol. The fraction of sp³-hybridized carbons (Fsp3) is 0.773. The highest BCUT2D eigenvalue weighted by Gasteiger charge is 2.28. The van der Waals surface area contributed by atoms with E-state index in [-0.39, 0.29) is 0 Å². The van der Waals surface area contributed by atoms with Crippen LogP contribution in [-0.4, -0.2) is 64.0 Å². The predicted molar refractivity (Wildman–Crippen MR) is 115 cm³/mol. The second-order valence-electron chi connectivity index (χ2n) is 7.96. The Morgan fingerprint density at radius 3 is 2.31 bits per heavy atom. The van der Waals surface area contributed by atoms with Crippen molar-refractivity contribution in [1.82, 2.24) is 19.6 Å². The molecule has 2 N–H and O–H groups in total. The van der Waals surface area contributed by atoms with Gasteiger partial charge in [-0.25, -0.2) is 0 Å². The van der Waals surface area contributed by atoms with Crippen LogP contribution in [0.2, 0.25) is 0 Å². The molecule has 0 aromatic carbocycles. The Kier molecular flexibility index (Phi) is 9.81. The third kappa shape index (κ3) is 6.93. The molecule has 1 aromatic rings. The van der Waals surface area contributed by atoms with E-state index in [2.05, 4.69) is 10.00 Å². The number of likely N-dealkylation sites (tertiary alicyclic amines) is 2. The Morgan fingerprint density at radius 2 is 1.76 bits per heavy atom. The zero-order chi connectivity index (χ0) is 21.2. The highest BCUT2D eigenvalue weighted by molar-refractivity contribution is 5.80. The first-order chi connectivity index (χ1) is 14.1. The first-order valence-corrected chi connectivity index (χ1v) is 11.3. The standard InChI is InChI=1S/C20H33N5O2.C2H6/c1-2-19(26)15-23-7-3-16(4-8-23)11-20(27)24-9-5-18(6-10-24)25-14-17(12-21)13-22-25;1-2/h13-14,16,18H,2-12,15,21H2,1H3;1-2H3. The number of piperidine rings is 2. The van der Waals surface area contributed by atoms with Crippen LogP contribution in [0, 0.1) is 5.92 Å². The largest absolute Gasteiger partial charge is 0.343 e. The van der Waals surface area contributed by atoms with Gasteiger partial charge < -0.3 is 10.6 Å². The summed E-state index contributed by atoms with van der Waals surface area (Å²) in [6.07, 6.45) is 9.07. The molecule has 1 aromatic heterocycles. The van der Waals surface area contributed by atoms with Gasteiger partial charge in [-0.05, 0) is 44.7 Å². The molecule has 3 heterocycles. The van der Waals surface area contributed by atoms with E-state index >= 15 is 0 Å². The van der Waals surface area contributed by atoms with Crippen LogP contribution in [0.15, 0.2) is 12.4 Å².